The summed E-state index contributed by atoms with van der Waals surface area (Å²) in [6.07, 6.45) is 1.88. The average molecular weight is 550 g/mol. The number of aliphatic imine (C=N–C) groups is 1. The number of ether oxygens (including phenoxy) is 2. The number of aromatic nitrogens is 3. The van der Waals surface area contributed by atoms with Crippen LogP contribution in [0.4, 0.5) is 0 Å². The zero-order valence-corrected chi connectivity index (χ0v) is 20.9. The fourth-order valence-electron chi connectivity index (χ4n) is 3.82. The van der Waals surface area contributed by atoms with E-state index in [4.69, 9.17) is 14.5 Å². The fraction of sp³-hybridized carbons (Fsp3) is 0.435. The smallest absolute Gasteiger partial charge is 0.191 e. The standard InChI is InChI=1S/C23H30N6O2.HI/c1-3-24-23(26-18-11-12-22-27-21(16-30-2)28-29(22)15-18)25-13-14-31-20-10-6-8-17-7-4-5-9-19(17)20;/h4-10,18H,3,11-16H2,1-2H3,(H2,24,25,26);1H. The number of aryl methyl sites for hydroxylation is 1. The number of guanidine groups is 1. The first-order valence-corrected chi connectivity index (χ1v) is 10.8. The fourth-order valence-corrected chi connectivity index (χ4v) is 3.82. The predicted octanol–water partition coefficient (Wildman–Crippen LogP) is 3.14. The van der Waals surface area contributed by atoms with Crippen molar-refractivity contribution in [3.63, 3.8) is 0 Å². The van der Waals surface area contributed by atoms with Crippen LogP contribution in [-0.4, -0.2) is 53.6 Å². The van der Waals surface area contributed by atoms with E-state index in [9.17, 15) is 0 Å². The molecule has 32 heavy (non-hydrogen) atoms. The van der Waals surface area contributed by atoms with Gasteiger partial charge in [0.25, 0.3) is 0 Å². The molecule has 172 valence electrons. The number of nitrogens with one attached hydrogen (secondary N) is 2. The number of hydrogen-bond acceptors (Lipinski definition) is 5. The summed E-state index contributed by atoms with van der Waals surface area (Å²) in [5.41, 5.74) is 0. The van der Waals surface area contributed by atoms with E-state index in [0.29, 0.717) is 19.8 Å². The maximum Gasteiger partial charge on any atom is 0.191 e. The molecule has 0 aliphatic carbocycles. The summed E-state index contributed by atoms with van der Waals surface area (Å²) in [5, 5.41) is 13.7. The second kappa shape index (κ2) is 12.0. The lowest BCUT2D eigenvalue weighted by Gasteiger charge is -2.25. The molecule has 1 aliphatic heterocycles. The Balaban J connectivity index is 0.00000289. The van der Waals surface area contributed by atoms with Gasteiger partial charge in [0.15, 0.2) is 11.8 Å². The van der Waals surface area contributed by atoms with Crippen molar-refractivity contribution in [3.8, 4) is 5.75 Å². The van der Waals surface area contributed by atoms with Gasteiger partial charge in [-0.25, -0.2) is 14.7 Å². The maximum atomic E-state index is 6.01. The van der Waals surface area contributed by atoms with Crippen LogP contribution in [0.5, 0.6) is 5.75 Å². The Bertz CT molecular complexity index is 1030. The number of benzene rings is 2. The molecule has 0 spiro atoms. The molecule has 0 radical (unpaired) electrons. The molecule has 9 heteroatoms. The van der Waals surface area contributed by atoms with Crippen LogP contribution < -0.4 is 15.4 Å². The maximum absolute atomic E-state index is 6.01. The number of halogens is 1. The monoisotopic (exact) mass is 550 g/mol. The van der Waals surface area contributed by atoms with E-state index >= 15 is 0 Å². The average Bonchev–Trinajstić information content (AvgIpc) is 3.19. The van der Waals surface area contributed by atoms with Crippen LogP contribution in [0.1, 0.15) is 25.0 Å². The summed E-state index contributed by atoms with van der Waals surface area (Å²) in [4.78, 5) is 9.24. The Kier molecular flexibility index (Phi) is 9.10. The van der Waals surface area contributed by atoms with Gasteiger partial charge in [0, 0.05) is 31.5 Å². The first-order valence-electron chi connectivity index (χ1n) is 10.8. The molecule has 0 bridgehead atoms. The molecule has 3 aromatic rings. The van der Waals surface area contributed by atoms with Gasteiger partial charge in [0.1, 0.15) is 24.8 Å². The third kappa shape index (κ3) is 6.10. The van der Waals surface area contributed by atoms with Crippen molar-refractivity contribution in [2.75, 3.05) is 26.8 Å². The molecule has 0 saturated heterocycles. The summed E-state index contributed by atoms with van der Waals surface area (Å²) in [7, 11) is 1.66. The van der Waals surface area contributed by atoms with Crippen LogP contribution in [0, 0.1) is 0 Å². The van der Waals surface area contributed by atoms with Crippen LogP contribution in [0.3, 0.4) is 0 Å². The molecule has 1 aliphatic rings. The Hall–Kier alpha value is -2.40. The molecule has 2 N–H and O–H groups in total. The minimum Gasteiger partial charge on any atom is -0.491 e. The molecular weight excluding hydrogens is 519 g/mol. The van der Waals surface area contributed by atoms with E-state index in [1.54, 1.807) is 7.11 Å². The highest BCUT2D eigenvalue weighted by atomic mass is 127. The summed E-state index contributed by atoms with van der Waals surface area (Å²) >= 11 is 0. The Labute approximate surface area is 205 Å². The molecular formula is C23H31IN6O2. The van der Waals surface area contributed by atoms with E-state index in [1.165, 1.54) is 5.39 Å². The van der Waals surface area contributed by atoms with Crippen molar-refractivity contribution >= 4 is 40.7 Å². The van der Waals surface area contributed by atoms with Gasteiger partial charge in [-0.05, 0) is 24.8 Å². The molecule has 1 atom stereocenters. The normalized spacial score (nSPS) is 15.7. The number of hydrogen-bond donors (Lipinski definition) is 2. The Morgan fingerprint density at radius 2 is 2.06 bits per heavy atom. The number of rotatable bonds is 8. The lowest BCUT2D eigenvalue weighted by atomic mass is 10.1. The van der Waals surface area contributed by atoms with Crippen molar-refractivity contribution in [2.24, 2.45) is 4.99 Å². The lowest BCUT2D eigenvalue weighted by molar-refractivity contribution is 0.177. The van der Waals surface area contributed by atoms with E-state index < -0.39 is 0 Å². The molecule has 8 nitrogen and oxygen atoms in total. The minimum absolute atomic E-state index is 0. The molecule has 2 aromatic carbocycles. The lowest BCUT2D eigenvalue weighted by Crippen LogP contribution is -2.47. The Morgan fingerprint density at radius 1 is 1.22 bits per heavy atom. The van der Waals surface area contributed by atoms with Gasteiger partial charge in [0.2, 0.25) is 0 Å². The highest BCUT2D eigenvalue weighted by molar-refractivity contribution is 14.0. The molecule has 1 aromatic heterocycles. The van der Waals surface area contributed by atoms with Gasteiger partial charge < -0.3 is 20.1 Å². The van der Waals surface area contributed by atoms with E-state index in [-0.39, 0.29) is 30.0 Å². The van der Waals surface area contributed by atoms with E-state index in [0.717, 1.165) is 54.7 Å². The molecule has 1 unspecified atom stereocenters. The van der Waals surface area contributed by atoms with Gasteiger partial charge in [0.05, 0.1) is 13.1 Å². The quantitative estimate of drug-likeness (QED) is 0.194. The van der Waals surface area contributed by atoms with Crippen LogP contribution in [0.25, 0.3) is 10.8 Å². The zero-order chi connectivity index (χ0) is 21.5. The SMILES string of the molecule is CCNC(=NCCOc1cccc2ccccc12)NC1CCc2nc(COC)nn2C1.I. The van der Waals surface area contributed by atoms with Crippen LogP contribution in [0.2, 0.25) is 0 Å². The number of methoxy groups -OCH3 is 1. The molecule has 0 amide bonds. The Morgan fingerprint density at radius 3 is 2.91 bits per heavy atom. The summed E-state index contributed by atoms with van der Waals surface area (Å²) in [5.74, 6) is 3.46. The highest BCUT2D eigenvalue weighted by Gasteiger charge is 2.22. The number of nitrogens with zero attached hydrogens (tertiary/aromatic N) is 4. The largest absolute Gasteiger partial charge is 0.491 e. The van der Waals surface area contributed by atoms with Gasteiger partial charge in [-0.15, -0.1) is 24.0 Å². The van der Waals surface area contributed by atoms with Crippen molar-refractivity contribution < 1.29 is 9.47 Å². The van der Waals surface area contributed by atoms with Gasteiger partial charge in [-0.1, -0.05) is 36.4 Å². The second-order valence-corrected chi connectivity index (χ2v) is 7.53. The highest BCUT2D eigenvalue weighted by Crippen LogP contribution is 2.24. The third-order valence-corrected chi connectivity index (χ3v) is 5.23. The zero-order valence-electron chi connectivity index (χ0n) is 18.6. The molecule has 2 heterocycles. The van der Waals surface area contributed by atoms with Crippen molar-refractivity contribution in [1.29, 1.82) is 0 Å². The minimum atomic E-state index is 0. The van der Waals surface area contributed by atoms with Crippen molar-refractivity contribution in [2.45, 2.75) is 39.0 Å². The second-order valence-electron chi connectivity index (χ2n) is 7.53. The van der Waals surface area contributed by atoms with Crippen LogP contribution in [0.15, 0.2) is 47.5 Å². The van der Waals surface area contributed by atoms with Crippen LogP contribution >= 0.6 is 24.0 Å². The molecule has 0 saturated carbocycles. The summed E-state index contributed by atoms with van der Waals surface area (Å²) in [6, 6.07) is 14.6. The molecule has 0 fully saturated rings. The van der Waals surface area contributed by atoms with Crippen molar-refractivity contribution in [1.82, 2.24) is 25.4 Å². The van der Waals surface area contributed by atoms with Gasteiger partial charge in [-0.2, -0.15) is 5.10 Å². The topological polar surface area (TPSA) is 85.6 Å². The van der Waals surface area contributed by atoms with Crippen LogP contribution in [-0.2, 0) is 24.3 Å². The first kappa shape index (κ1) is 24.2. The summed E-state index contributed by atoms with van der Waals surface area (Å²) in [6.45, 7) is 5.16. The predicted molar refractivity (Wildman–Crippen MR) is 137 cm³/mol. The van der Waals surface area contributed by atoms with Crippen molar-refractivity contribution in [3.05, 3.63) is 54.1 Å². The third-order valence-electron chi connectivity index (χ3n) is 5.23. The molecule has 4 rings (SSSR count). The van der Waals surface area contributed by atoms with E-state index in [1.807, 2.05) is 28.9 Å². The van der Waals surface area contributed by atoms with E-state index in [2.05, 4.69) is 45.8 Å². The van der Waals surface area contributed by atoms with Gasteiger partial charge >= 0.3 is 0 Å². The van der Waals surface area contributed by atoms with Gasteiger partial charge in [-0.3, -0.25) is 0 Å². The number of fused-ring (bicyclic) bond motifs is 2. The summed E-state index contributed by atoms with van der Waals surface area (Å²) < 4.78 is 13.1. The first-order chi connectivity index (χ1) is 15.3.